The number of carbonyl (C=O) groups excluding carboxylic acids is 1. The van der Waals surface area contributed by atoms with Crippen LogP contribution in [0.25, 0.3) is 0 Å². The van der Waals surface area contributed by atoms with Crippen molar-refractivity contribution in [2.75, 3.05) is 13.7 Å². The number of rotatable bonds is 3. The maximum atomic E-state index is 11.7. The standard InChI is InChI=1S/C11H18N4O2/c1-14-8-12-13-10(14)7-15-6-4-3-5-9(15)11(16)17-2/h8-9H,3-7H2,1-2H3. The Hall–Kier alpha value is -1.43. The molecule has 0 aromatic carbocycles. The molecule has 6 nitrogen and oxygen atoms in total. The summed E-state index contributed by atoms with van der Waals surface area (Å²) in [5.41, 5.74) is 0. The Morgan fingerprint density at radius 3 is 3.06 bits per heavy atom. The summed E-state index contributed by atoms with van der Waals surface area (Å²) in [5.74, 6) is 0.729. The second kappa shape index (κ2) is 5.27. The van der Waals surface area contributed by atoms with Gasteiger partial charge in [-0.15, -0.1) is 10.2 Å². The summed E-state index contributed by atoms with van der Waals surface area (Å²) in [7, 11) is 3.35. The summed E-state index contributed by atoms with van der Waals surface area (Å²) < 4.78 is 6.72. The molecule has 0 spiro atoms. The van der Waals surface area contributed by atoms with Crippen LogP contribution in [0.3, 0.4) is 0 Å². The van der Waals surface area contributed by atoms with E-state index in [1.54, 1.807) is 6.33 Å². The van der Waals surface area contributed by atoms with Crippen LogP contribution in [0.5, 0.6) is 0 Å². The molecule has 0 saturated carbocycles. The summed E-state index contributed by atoms with van der Waals surface area (Å²) in [6.07, 6.45) is 4.73. The van der Waals surface area contributed by atoms with Crippen LogP contribution in [0.15, 0.2) is 6.33 Å². The third kappa shape index (κ3) is 2.63. The molecule has 17 heavy (non-hydrogen) atoms. The smallest absolute Gasteiger partial charge is 0.323 e. The molecular formula is C11H18N4O2. The van der Waals surface area contributed by atoms with Gasteiger partial charge in [0.15, 0.2) is 0 Å². The fourth-order valence-electron chi connectivity index (χ4n) is 2.22. The Kier molecular flexibility index (Phi) is 3.73. The first-order valence-electron chi connectivity index (χ1n) is 5.87. The van der Waals surface area contributed by atoms with Crippen LogP contribution in [-0.2, 0) is 23.1 Å². The monoisotopic (exact) mass is 238 g/mol. The number of esters is 1. The third-order valence-electron chi connectivity index (χ3n) is 3.24. The largest absolute Gasteiger partial charge is 0.468 e. The molecule has 0 amide bonds. The predicted molar refractivity (Wildman–Crippen MR) is 61.1 cm³/mol. The predicted octanol–water partition coefficient (Wildman–Crippen LogP) is 0.343. The molecule has 0 radical (unpaired) electrons. The summed E-state index contributed by atoms with van der Waals surface area (Å²) in [5, 5.41) is 7.90. The Labute approximate surface area is 101 Å². The lowest BCUT2D eigenvalue weighted by Crippen LogP contribution is -2.45. The molecule has 0 bridgehead atoms. The molecule has 0 aliphatic carbocycles. The normalized spacial score (nSPS) is 21.4. The van der Waals surface area contributed by atoms with Gasteiger partial charge in [-0.3, -0.25) is 9.69 Å². The SMILES string of the molecule is COC(=O)C1CCCCN1Cc1nncn1C. The maximum Gasteiger partial charge on any atom is 0.323 e. The minimum Gasteiger partial charge on any atom is -0.468 e. The molecule has 0 N–H and O–H groups in total. The highest BCUT2D eigenvalue weighted by atomic mass is 16.5. The van der Waals surface area contributed by atoms with Crippen LogP contribution in [0, 0.1) is 0 Å². The van der Waals surface area contributed by atoms with Crippen molar-refractivity contribution in [2.45, 2.75) is 31.8 Å². The molecule has 1 atom stereocenters. The topological polar surface area (TPSA) is 60.2 Å². The van der Waals surface area contributed by atoms with E-state index in [2.05, 4.69) is 15.1 Å². The molecule has 2 heterocycles. The van der Waals surface area contributed by atoms with E-state index >= 15 is 0 Å². The Morgan fingerprint density at radius 2 is 2.41 bits per heavy atom. The van der Waals surface area contributed by atoms with Crippen molar-refractivity contribution in [3.63, 3.8) is 0 Å². The molecule has 1 aliphatic rings. The lowest BCUT2D eigenvalue weighted by atomic mass is 10.0. The summed E-state index contributed by atoms with van der Waals surface area (Å²) >= 11 is 0. The van der Waals surface area contributed by atoms with E-state index in [9.17, 15) is 4.79 Å². The zero-order chi connectivity index (χ0) is 12.3. The van der Waals surface area contributed by atoms with Gasteiger partial charge in [0, 0.05) is 7.05 Å². The summed E-state index contributed by atoms with van der Waals surface area (Å²) in [6, 6.07) is -0.134. The van der Waals surface area contributed by atoms with Crippen molar-refractivity contribution in [1.29, 1.82) is 0 Å². The van der Waals surface area contributed by atoms with Crippen molar-refractivity contribution in [3.8, 4) is 0 Å². The number of ether oxygens (including phenoxy) is 1. The number of carbonyl (C=O) groups is 1. The zero-order valence-electron chi connectivity index (χ0n) is 10.3. The van der Waals surface area contributed by atoms with E-state index in [1.807, 2.05) is 11.6 Å². The number of hydrogen-bond donors (Lipinski definition) is 0. The van der Waals surface area contributed by atoms with Crippen molar-refractivity contribution in [2.24, 2.45) is 7.05 Å². The van der Waals surface area contributed by atoms with Gasteiger partial charge in [-0.2, -0.15) is 0 Å². The Balaban J connectivity index is 2.06. The van der Waals surface area contributed by atoms with Gasteiger partial charge in [0.2, 0.25) is 0 Å². The van der Waals surface area contributed by atoms with E-state index in [4.69, 9.17) is 4.74 Å². The molecule has 1 fully saturated rings. The second-order valence-corrected chi connectivity index (χ2v) is 4.36. The van der Waals surface area contributed by atoms with Gasteiger partial charge in [0.1, 0.15) is 18.2 Å². The van der Waals surface area contributed by atoms with Gasteiger partial charge in [0.25, 0.3) is 0 Å². The first kappa shape index (κ1) is 12.0. The molecule has 2 rings (SSSR count). The van der Waals surface area contributed by atoms with Crippen molar-refractivity contribution in [1.82, 2.24) is 19.7 Å². The Morgan fingerprint density at radius 1 is 1.59 bits per heavy atom. The first-order chi connectivity index (χ1) is 8.22. The van der Waals surface area contributed by atoms with Gasteiger partial charge in [0.05, 0.1) is 13.7 Å². The van der Waals surface area contributed by atoms with Crippen LogP contribution in [0.1, 0.15) is 25.1 Å². The minimum atomic E-state index is -0.146. The summed E-state index contributed by atoms with van der Waals surface area (Å²) in [6.45, 7) is 1.56. The highest BCUT2D eigenvalue weighted by Crippen LogP contribution is 2.19. The maximum absolute atomic E-state index is 11.7. The molecule has 1 aliphatic heterocycles. The minimum absolute atomic E-state index is 0.134. The quantitative estimate of drug-likeness (QED) is 0.711. The van der Waals surface area contributed by atoms with Crippen LogP contribution >= 0.6 is 0 Å². The van der Waals surface area contributed by atoms with E-state index < -0.39 is 0 Å². The second-order valence-electron chi connectivity index (χ2n) is 4.36. The Bertz CT molecular complexity index is 391. The molecule has 94 valence electrons. The van der Waals surface area contributed by atoms with E-state index in [0.29, 0.717) is 6.54 Å². The number of likely N-dealkylation sites (tertiary alicyclic amines) is 1. The van der Waals surface area contributed by atoms with E-state index in [-0.39, 0.29) is 12.0 Å². The average molecular weight is 238 g/mol. The molecule has 1 aromatic rings. The van der Waals surface area contributed by atoms with Crippen LogP contribution in [-0.4, -0.2) is 45.3 Å². The number of piperidine rings is 1. The van der Waals surface area contributed by atoms with Crippen molar-refractivity contribution < 1.29 is 9.53 Å². The number of aromatic nitrogens is 3. The third-order valence-corrected chi connectivity index (χ3v) is 3.24. The van der Waals surface area contributed by atoms with Gasteiger partial charge < -0.3 is 9.30 Å². The number of methoxy groups -OCH3 is 1. The van der Waals surface area contributed by atoms with Crippen molar-refractivity contribution in [3.05, 3.63) is 12.2 Å². The van der Waals surface area contributed by atoms with Gasteiger partial charge in [-0.25, -0.2) is 0 Å². The fourth-order valence-corrected chi connectivity index (χ4v) is 2.22. The summed E-state index contributed by atoms with van der Waals surface area (Å²) in [4.78, 5) is 13.8. The van der Waals surface area contributed by atoms with Crippen LogP contribution in [0.2, 0.25) is 0 Å². The molecule has 1 unspecified atom stereocenters. The van der Waals surface area contributed by atoms with Crippen LogP contribution < -0.4 is 0 Å². The number of hydrogen-bond acceptors (Lipinski definition) is 5. The zero-order valence-corrected chi connectivity index (χ0v) is 10.3. The lowest BCUT2D eigenvalue weighted by molar-refractivity contribution is -0.148. The average Bonchev–Trinajstić information content (AvgIpc) is 2.75. The lowest BCUT2D eigenvalue weighted by Gasteiger charge is -2.33. The molecule has 1 aromatic heterocycles. The molecule has 6 heteroatoms. The van der Waals surface area contributed by atoms with Crippen LogP contribution in [0.4, 0.5) is 0 Å². The van der Waals surface area contributed by atoms with E-state index in [0.717, 1.165) is 31.6 Å². The number of nitrogens with zero attached hydrogens (tertiary/aromatic N) is 4. The molecular weight excluding hydrogens is 220 g/mol. The van der Waals surface area contributed by atoms with Crippen molar-refractivity contribution >= 4 is 5.97 Å². The first-order valence-corrected chi connectivity index (χ1v) is 5.87. The highest BCUT2D eigenvalue weighted by Gasteiger charge is 2.30. The van der Waals surface area contributed by atoms with Gasteiger partial charge in [-0.1, -0.05) is 6.42 Å². The fraction of sp³-hybridized carbons (Fsp3) is 0.727. The highest BCUT2D eigenvalue weighted by molar-refractivity contribution is 5.75. The van der Waals surface area contributed by atoms with Gasteiger partial charge in [-0.05, 0) is 19.4 Å². The number of aryl methyl sites for hydroxylation is 1. The van der Waals surface area contributed by atoms with E-state index in [1.165, 1.54) is 7.11 Å². The molecule has 1 saturated heterocycles. The van der Waals surface area contributed by atoms with Gasteiger partial charge >= 0.3 is 5.97 Å².